The van der Waals surface area contributed by atoms with Gasteiger partial charge in [0, 0.05) is 21.4 Å². The van der Waals surface area contributed by atoms with Crippen LogP contribution in [0.1, 0.15) is 13.3 Å². The Bertz CT molecular complexity index is 416. The van der Waals surface area contributed by atoms with Gasteiger partial charge in [-0.1, -0.05) is 25.1 Å². The fourth-order valence-electron chi connectivity index (χ4n) is 1.39. The molecule has 1 rings (SSSR count). The molecule has 0 radical (unpaired) electrons. The Hall–Kier alpha value is -1.04. The van der Waals surface area contributed by atoms with E-state index < -0.39 is 0 Å². The molecule has 0 bridgehead atoms. The van der Waals surface area contributed by atoms with E-state index in [-0.39, 0.29) is 5.97 Å². The minimum absolute atomic E-state index is 0.253. The highest BCUT2D eigenvalue weighted by Crippen LogP contribution is 2.16. The van der Waals surface area contributed by atoms with Gasteiger partial charge in [-0.3, -0.25) is 0 Å². The maximum absolute atomic E-state index is 11.3. The second-order valence-corrected chi connectivity index (χ2v) is 4.60. The summed E-state index contributed by atoms with van der Waals surface area (Å²) in [4.78, 5) is 11.3. The number of para-hydroxylation sites is 1. The zero-order chi connectivity index (χ0) is 12.7. The average Bonchev–Trinajstić information content (AvgIpc) is 2.36. The summed E-state index contributed by atoms with van der Waals surface area (Å²) < 4.78 is 5.85. The van der Waals surface area contributed by atoms with Gasteiger partial charge in [0.15, 0.2) is 0 Å². The number of anilines is 1. The second kappa shape index (κ2) is 7.32. The molecule has 0 fully saturated rings. The van der Waals surface area contributed by atoms with Crippen LogP contribution < -0.4 is 5.32 Å². The van der Waals surface area contributed by atoms with Crippen molar-refractivity contribution in [2.45, 2.75) is 13.3 Å². The molecular formula is C13H16INO2. The van der Waals surface area contributed by atoms with E-state index in [0.29, 0.717) is 18.5 Å². The first-order valence-electron chi connectivity index (χ1n) is 5.44. The Morgan fingerprint density at radius 2 is 2.18 bits per heavy atom. The number of esters is 1. The van der Waals surface area contributed by atoms with E-state index >= 15 is 0 Å². The number of carbonyl (C=O) groups excluding carboxylic acids is 1. The van der Waals surface area contributed by atoms with Crippen LogP contribution in [0.2, 0.25) is 0 Å². The molecule has 4 heteroatoms. The van der Waals surface area contributed by atoms with Crippen molar-refractivity contribution >= 4 is 34.2 Å². The van der Waals surface area contributed by atoms with Crippen molar-refractivity contribution in [3.05, 3.63) is 39.5 Å². The summed E-state index contributed by atoms with van der Waals surface area (Å²) >= 11 is 2.27. The molecule has 0 aromatic heterocycles. The van der Waals surface area contributed by atoms with Crippen molar-refractivity contribution in [3.8, 4) is 0 Å². The summed E-state index contributed by atoms with van der Waals surface area (Å²) in [5, 5.41) is 3.27. The highest BCUT2D eigenvalue weighted by Gasteiger charge is 2.05. The zero-order valence-electron chi connectivity index (χ0n) is 10.00. The number of hydrogen-bond acceptors (Lipinski definition) is 3. The van der Waals surface area contributed by atoms with Crippen molar-refractivity contribution in [1.82, 2.24) is 0 Å². The van der Waals surface area contributed by atoms with Crippen molar-refractivity contribution in [2.75, 3.05) is 19.0 Å². The van der Waals surface area contributed by atoms with Gasteiger partial charge in [-0.25, -0.2) is 4.79 Å². The topological polar surface area (TPSA) is 38.3 Å². The zero-order valence-corrected chi connectivity index (χ0v) is 12.2. The Balaban J connectivity index is 2.59. The lowest BCUT2D eigenvalue weighted by atomic mass is 10.2. The van der Waals surface area contributed by atoms with Crippen LogP contribution >= 0.6 is 22.6 Å². The predicted molar refractivity (Wildman–Crippen MR) is 78.0 cm³/mol. The number of nitrogens with one attached hydrogen (secondary N) is 1. The molecule has 17 heavy (non-hydrogen) atoms. The van der Waals surface area contributed by atoms with Crippen LogP contribution in [0.4, 0.5) is 5.69 Å². The van der Waals surface area contributed by atoms with Crippen molar-refractivity contribution in [2.24, 2.45) is 0 Å². The normalized spacial score (nSPS) is 11.1. The van der Waals surface area contributed by atoms with Crippen molar-refractivity contribution in [3.63, 3.8) is 0 Å². The Labute approximate surface area is 115 Å². The fourth-order valence-corrected chi connectivity index (χ4v) is 1.97. The molecule has 0 saturated heterocycles. The molecule has 0 heterocycles. The molecule has 1 aromatic carbocycles. The van der Waals surface area contributed by atoms with Gasteiger partial charge < -0.3 is 10.1 Å². The first-order chi connectivity index (χ1) is 8.19. The Morgan fingerprint density at radius 3 is 2.76 bits per heavy atom. The first kappa shape index (κ1) is 14.0. The Morgan fingerprint density at radius 1 is 1.47 bits per heavy atom. The highest BCUT2D eigenvalue weighted by molar-refractivity contribution is 14.1. The number of carbonyl (C=O) groups is 1. The second-order valence-electron chi connectivity index (χ2n) is 3.44. The summed E-state index contributed by atoms with van der Waals surface area (Å²) in [6.45, 7) is 2.56. The summed E-state index contributed by atoms with van der Waals surface area (Å²) in [7, 11) is 1.40. The van der Waals surface area contributed by atoms with Crippen LogP contribution in [0, 0.1) is 3.57 Å². The van der Waals surface area contributed by atoms with Gasteiger partial charge in [-0.05, 0) is 41.1 Å². The number of ether oxygens (including phenoxy) is 1. The number of rotatable bonds is 5. The summed E-state index contributed by atoms with van der Waals surface area (Å²) in [5.74, 6) is -0.253. The minimum Gasteiger partial charge on any atom is -0.466 e. The molecule has 0 spiro atoms. The van der Waals surface area contributed by atoms with Gasteiger partial charge in [0.2, 0.25) is 0 Å². The number of hydrogen-bond donors (Lipinski definition) is 1. The van der Waals surface area contributed by atoms with Gasteiger partial charge >= 0.3 is 5.97 Å². The van der Waals surface area contributed by atoms with Gasteiger partial charge in [-0.15, -0.1) is 0 Å². The molecule has 3 nitrogen and oxygen atoms in total. The smallest absolute Gasteiger partial charge is 0.333 e. The van der Waals surface area contributed by atoms with E-state index in [9.17, 15) is 4.79 Å². The summed E-state index contributed by atoms with van der Waals surface area (Å²) in [6, 6.07) is 8.02. The third-order valence-corrected chi connectivity index (χ3v) is 3.28. The van der Waals surface area contributed by atoms with E-state index in [2.05, 4.69) is 27.9 Å². The van der Waals surface area contributed by atoms with Crippen LogP contribution in [0.15, 0.2) is 35.9 Å². The van der Waals surface area contributed by atoms with Gasteiger partial charge in [0.25, 0.3) is 0 Å². The summed E-state index contributed by atoms with van der Waals surface area (Å²) in [6.07, 6.45) is 2.55. The predicted octanol–water partition coefficient (Wildman–Crippen LogP) is 3.21. The van der Waals surface area contributed by atoms with Crippen molar-refractivity contribution < 1.29 is 9.53 Å². The van der Waals surface area contributed by atoms with Gasteiger partial charge in [0.05, 0.1) is 7.11 Å². The van der Waals surface area contributed by atoms with Crippen LogP contribution in [-0.4, -0.2) is 19.6 Å². The number of benzene rings is 1. The van der Waals surface area contributed by atoms with Crippen LogP contribution in [-0.2, 0) is 9.53 Å². The molecule has 0 saturated carbocycles. The van der Waals surface area contributed by atoms with Crippen LogP contribution in [0.25, 0.3) is 0 Å². The van der Waals surface area contributed by atoms with Crippen LogP contribution in [0.3, 0.4) is 0 Å². The lowest BCUT2D eigenvalue weighted by Crippen LogP contribution is -2.07. The number of methoxy groups -OCH3 is 1. The maximum atomic E-state index is 11.3. The molecule has 0 unspecified atom stereocenters. The van der Waals surface area contributed by atoms with E-state index in [0.717, 1.165) is 9.26 Å². The third-order valence-electron chi connectivity index (χ3n) is 2.34. The highest BCUT2D eigenvalue weighted by atomic mass is 127. The first-order valence-corrected chi connectivity index (χ1v) is 6.52. The molecule has 1 N–H and O–H groups in total. The van der Waals surface area contributed by atoms with Gasteiger partial charge in [-0.2, -0.15) is 0 Å². The van der Waals surface area contributed by atoms with E-state index in [1.54, 1.807) is 0 Å². The summed E-state index contributed by atoms with van der Waals surface area (Å²) in [5.41, 5.74) is 1.77. The molecule has 0 amide bonds. The average molecular weight is 345 g/mol. The monoisotopic (exact) mass is 345 g/mol. The van der Waals surface area contributed by atoms with Crippen molar-refractivity contribution in [1.29, 1.82) is 0 Å². The lowest BCUT2D eigenvalue weighted by Gasteiger charge is -2.07. The lowest BCUT2D eigenvalue weighted by molar-refractivity contribution is -0.136. The molecular weight excluding hydrogens is 329 g/mol. The molecule has 0 aliphatic carbocycles. The SMILES string of the molecule is CC/C(=C/CNc1ccccc1I)C(=O)OC. The van der Waals surface area contributed by atoms with Crippen LogP contribution in [0.5, 0.6) is 0 Å². The Kier molecular flexibility index (Phi) is 6.04. The number of halogens is 1. The molecule has 0 aliphatic rings. The van der Waals surface area contributed by atoms with E-state index in [4.69, 9.17) is 4.74 Å². The quantitative estimate of drug-likeness (QED) is 0.506. The largest absolute Gasteiger partial charge is 0.466 e. The molecule has 0 atom stereocenters. The molecule has 92 valence electrons. The third kappa shape index (κ3) is 4.38. The van der Waals surface area contributed by atoms with E-state index in [1.807, 2.05) is 37.3 Å². The fraction of sp³-hybridized carbons (Fsp3) is 0.308. The minimum atomic E-state index is -0.253. The molecule has 0 aliphatic heterocycles. The molecule has 1 aromatic rings. The van der Waals surface area contributed by atoms with E-state index in [1.165, 1.54) is 7.11 Å². The standard InChI is InChI=1S/C13H16INO2/c1-3-10(13(16)17-2)8-9-15-12-7-5-4-6-11(12)14/h4-8,15H,3,9H2,1-2H3/b10-8-. The maximum Gasteiger partial charge on any atom is 0.333 e. The van der Waals surface area contributed by atoms with Gasteiger partial charge in [0.1, 0.15) is 0 Å².